The van der Waals surface area contributed by atoms with Crippen molar-refractivity contribution < 1.29 is 4.39 Å². The molecule has 0 spiro atoms. The third kappa shape index (κ3) is 2.23. The van der Waals surface area contributed by atoms with Gasteiger partial charge in [-0.05, 0) is 29.5 Å². The maximum absolute atomic E-state index is 13.1. The van der Waals surface area contributed by atoms with Crippen LogP contribution in [-0.2, 0) is 6.54 Å². The van der Waals surface area contributed by atoms with Gasteiger partial charge in [-0.15, -0.1) is 0 Å². The molecule has 0 amide bonds. The minimum atomic E-state index is -0.446. The average molecular weight is 218 g/mol. The van der Waals surface area contributed by atoms with E-state index >= 15 is 0 Å². The van der Waals surface area contributed by atoms with E-state index in [9.17, 15) is 4.39 Å². The summed E-state index contributed by atoms with van der Waals surface area (Å²) < 4.78 is 13.1. The predicted molar refractivity (Wildman–Crippen MR) is 60.1 cm³/mol. The summed E-state index contributed by atoms with van der Waals surface area (Å²) in [4.78, 5) is 0. The van der Waals surface area contributed by atoms with Gasteiger partial charge in [0, 0.05) is 12.6 Å². The van der Waals surface area contributed by atoms with E-state index in [2.05, 4.69) is 19.2 Å². The molecule has 1 aliphatic rings. The molecule has 0 saturated heterocycles. The van der Waals surface area contributed by atoms with Gasteiger partial charge < -0.3 is 5.32 Å². The summed E-state index contributed by atoms with van der Waals surface area (Å²) in [5, 5.41) is 12.1. The Kier molecular flexibility index (Phi) is 2.69. The third-order valence-corrected chi connectivity index (χ3v) is 3.22. The lowest BCUT2D eigenvalue weighted by Gasteiger charge is -2.07. The summed E-state index contributed by atoms with van der Waals surface area (Å²) >= 11 is 0. The Morgan fingerprint density at radius 1 is 1.56 bits per heavy atom. The molecule has 3 heteroatoms. The Labute approximate surface area is 95.1 Å². The van der Waals surface area contributed by atoms with Crippen LogP contribution in [0, 0.1) is 22.6 Å². The molecule has 2 nitrogen and oxygen atoms in total. The number of rotatable bonds is 3. The second-order valence-corrected chi connectivity index (χ2v) is 5.05. The fraction of sp³-hybridized carbons (Fsp3) is 0.462. The quantitative estimate of drug-likeness (QED) is 0.846. The Morgan fingerprint density at radius 3 is 2.81 bits per heavy atom. The minimum absolute atomic E-state index is 0.120. The predicted octanol–water partition coefficient (Wildman–Crippen LogP) is 2.59. The molecule has 16 heavy (non-hydrogen) atoms. The number of benzene rings is 1. The summed E-state index contributed by atoms with van der Waals surface area (Å²) in [6.45, 7) is 5.13. The maximum atomic E-state index is 13.1. The standard InChI is InChI=1S/C13H15FN2/c1-13(2)6-12(13)16-8-9-3-4-11(14)10(5-9)7-15/h3-5,12,16H,6,8H2,1-2H3. The van der Waals surface area contributed by atoms with Crippen molar-refractivity contribution in [3.63, 3.8) is 0 Å². The van der Waals surface area contributed by atoms with Gasteiger partial charge in [-0.3, -0.25) is 0 Å². The normalized spacial score (nSPS) is 21.5. The van der Waals surface area contributed by atoms with E-state index in [0.29, 0.717) is 18.0 Å². The lowest BCUT2D eigenvalue weighted by Crippen LogP contribution is -2.19. The largest absolute Gasteiger partial charge is 0.309 e. The van der Waals surface area contributed by atoms with Crippen LogP contribution in [0.4, 0.5) is 4.39 Å². The third-order valence-electron chi connectivity index (χ3n) is 3.22. The lowest BCUT2D eigenvalue weighted by molar-refractivity contribution is 0.541. The second-order valence-electron chi connectivity index (χ2n) is 5.05. The molecule has 0 heterocycles. The summed E-state index contributed by atoms with van der Waals surface area (Å²) in [6.07, 6.45) is 1.18. The molecule has 1 saturated carbocycles. The van der Waals surface area contributed by atoms with Gasteiger partial charge in [0.2, 0.25) is 0 Å². The van der Waals surface area contributed by atoms with Gasteiger partial charge >= 0.3 is 0 Å². The maximum Gasteiger partial charge on any atom is 0.140 e. The molecule has 2 rings (SSSR count). The molecule has 1 fully saturated rings. The van der Waals surface area contributed by atoms with Gasteiger partial charge in [-0.1, -0.05) is 19.9 Å². The highest BCUT2D eigenvalue weighted by molar-refractivity contribution is 5.34. The van der Waals surface area contributed by atoms with Crippen LogP contribution < -0.4 is 5.32 Å². The number of nitrogens with zero attached hydrogens (tertiary/aromatic N) is 1. The lowest BCUT2D eigenvalue weighted by atomic mass is 10.1. The van der Waals surface area contributed by atoms with Gasteiger partial charge in [0.25, 0.3) is 0 Å². The zero-order valence-corrected chi connectivity index (χ0v) is 9.55. The summed E-state index contributed by atoms with van der Waals surface area (Å²) in [5.74, 6) is -0.446. The van der Waals surface area contributed by atoms with Crippen molar-refractivity contribution in [2.45, 2.75) is 32.9 Å². The highest BCUT2D eigenvalue weighted by atomic mass is 19.1. The Balaban J connectivity index is 1.98. The molecule has 1 aromatic rings. The van der Waals surface area contributed by atoms with Crippen molar-refractivity contribution in [3.8, 4) is 6.07 Å². The molecular formula is C13H15FN2. The molecule has 1 N–H and O–H groups in total. The second kappa shape index (κ2) is 3.88. The minimum Gasteiger partial charge on any atom is -0.309 e. The smallest absolute Gasteiger partial charge is 0.140 e. The highest BCUT2D eigenvalue weighted by Gasteiger charge is 2.44. The molecule has 1 aliphatic carbocycles. The number of nitrogens with one attached hydrogen (secondary N) is 1. The Morgan fingerprint density at radius 2 is 2.25 bits per heavy atom. The average Bonchev–Trinajstić information content (AvgIpc) is 2.85. The molecular weight excluding hydrogens is 203 g/mol. The van der Waals surface area contributed by atoms with Gasteiger partial charge in [-0.2, -0.15) is 5.26 Å². The first-order valence-electron chi connectivity index (χ1n) is 5.45. The molecule has 1 atom stereocenters. The van der Waals surface area contributed by atoms with Crippen LogP contribution in [0.2, 0.25) is 0 Å². The van der Waals surface area contributed by atoms with Crippen molar-refractivity contribution in [1.29, 1.82) is 5.26 Å². The molecule has 0 bridgehead atoms. The van der Waals surface area contributed by atoms with Crippen LogP contribution in [0.25, 0.3) is 0 Å². The number of nitriles is 1. The van der Waals surface area contributed by atoms with Gasteiger partial charge in [0.1, 0.15) is 11.9 Å². The molecule has 84 valence electrons. The zero-order chi connectivity index (χ0) is 11.8. The van der Waals surface area contributed by atoms with E-state index < -0.39 is 5.82 Å². The number of hydrogen-bond donors (Lipinski definition) is 1. The van der Waals surface area contributed by atoms with Crippen LogP contribution in [0.5, 0.6) is 0 Å². The van der Waals surface area contributed by atoms with E-state index in [1.807, 2.05) is 6.07 Å². The van der Waals surface area contributed by atoms with Crippen LogP contribution in [-0.4, -0.2) is 6.04 Å². The SMILES string of the molecule is CC1(C)CC1NCc1ccc(F)c(C#N)c1. The van der Waals surface area contributed by atoms with Gasteiger partial charge in [-0.25, -0.2) is 4.39 Å². The van der Waals surface area contributed by atoms with E-state index in [1.54, 1.807) is 12.1 Å². The molecule has 0 aliphatic heterocycles. The molecule has 1 unspecified atom stereocenters. The fourth-order valence-corrected chi connectivity index (χ4v) is 1.82. The van der Waals surface area contributed by atoms with Gasteiger partial charge in [0.05, 0.1) is 5.56 Å². The van der Waals surface area contributed by atoms with Crippen molar-refractivity contribution in [2.24, 2.45) is 5.41 Å². The van der Waals surface area contributed by atoms with E-state index in [-0.39, 0.29) is 5.56 Å². The Hall–Kier alpha value is -1.40. The first-order valence-corrected chi connectivity index (χ1v) is 5.45. The molecule has 0 radical (unpaired) electrons. The van der Waals surface area contributed by atoms with Crippen molar-refractivity contribution in [3.05, 3.63) is 35.1 Å². The first kappa shape index (κ1) is 11.1. The van der Waals surface area contributed by atoms with Crippen LogP contribution in [0.1, 0.15) is 31.4 Å². The molecule has 0 aromatic heterocycles. The van der Waals surface area contributed by atoms with Crippen LogP contribution >= 0.6 is 0 Å². The van der Waals surface area contributed by atoms with Crippen molar-refractivity contribution in [1.82, 2.24) is 5.32 Å². The van der Waals surface area contributed by atoms with Gasteiger partial charge in [0.15, 0.2) is 0 Å². The number of hydrogen-bond acceptors (Lipinski definition) is 2. The van der Waals surface area contributed by atoms with E-state index in [1.165, 1.54) is 12.5 Å². The molecule has 1 aromatic carbocycles. The monoisotopic (exact) mass is 218 g/mol. The topological polar surface area (TPSA) is 35.8 Å². The first-order chi connectivity index (χ1) is 7.53. The fourth-order valence-electron chi connectivity index (χ4n) is 1.82. The van der Waals surface area contributed by atoms with Crippen LogP contribution in [0.15, 0.2) is 18.2 Å². The van der Waals surface area contributed by atoms with Crippen molar-refractivity contribution >= 4 is 0 Å². The number of halogens is 1. The van der Waals surface area contributed by atoms with E-state index in [0.717, 1.165) is 5.56 Å². The zero-order valence-electron chi connectivity index (χ0n) is 9.55. The highest BCUT2D eigenvalue weighted by Crippen LogP contribution is 2.44. The summed E-state index contributed by atoms with van der Waals surface area (Å²) in [5.41, 5.74) is 1.47. The van der Waals surface area contributed by atoms with E-state index in [4.69, 9.17) is 5.26 Å². The van der Waals surface area contributed by atoms with Crippen molar-refractivity contribution in [2.75, 3.05) is 0 Å². The summed E-state index contributed by atoms with van der Waals surface area (Å²) in [6, 6.07) is 7.08. The Bertz CT molecular complexity index is 446. The summed E-state index contributed by atoms with van der Waals surface area (Å²) in [7, 11) is 0. The van der Waals surface area contributed by atoms with Crippen LogP contribution in [0.3, 0.4) is 0 Å².